The van der Waals surface area contributed by atoms with E-state index in [2.05, 4.69) is 10.3 Å². The van der Waals surface area contributed by atoms with E-state index in [0.29, 0.717) is 32.1 Å². The van der Waals surface area contributed by atoms with E-state index in [1.165, 1.54) is 10.5 Å². The average molecular weight is 347 g/mol. The van der Waals surface area contributed by atoms with Gasteiger partial charge in [0.05, 0.1) is 13.2 Å². The summed E-state index contributed by atoms with van der Waals surface area (Å²) in [5.41, 5.74) is 1.14. The Labute approximate surface area is 142 Å². The van der Waals surface area contributed by atoms with Gasteiger partial charge < -0.3 is 10.1 Å². The number of rotatable bonds is 5. The van der Waals surface area contributed by atoms with Crippen molar-refractivity contribution >= 4 is 15.8 Å². The molecule has 1 aliphatic rings. The van der Waals surface area contributed by atoms with Gasteiger partial charge in [0.1, 0.15) is 10.7 Å². The first-order valence-electron chi connectivity index (χ1n) is 7.93. The van der Waals surface area contributed by atoms with Gasteiger partial charge in [0.15, 0.2) is 0 Å². The first kappa shape index (κ1) is 16.9. The first-order valence-corrected chi connectivity index (χ1v) is 9.37. The summed E-state index contributed by atoms with van der Waals surface area (Å²) in [6.45, 7) is 3.66. The Kier molecular flexibility index (Phi) is 5.13. The Morgan fingerprint density at radius 2 is 1.83 bits per heavy atom. The Hall–Kier alpha value is -1.96. The van der Waals surface area contributed by atoms with Crippen molar-refractivity contribution in [3.8, 4) is 0 Å². The lowest BCUT2D eigenvalue weighted by Crippen LogP contribution is -2.40. The number of benzene rings is 1. The fourth-order valence-electron chi connectivity index (χ4n) is 2.60. The van der Waals surface area contributed by atoms with Gasteiger partial charge in [0, 0.05) is 25.3 Å². The van der Waals surface area contributed by atoms with Crippen molar-refractivity contribution in [3.05, 3.63) is 54.2 Å². The molecule has 7 heteroatoms. The molecule has 128 valence electrons. The van der Waals surface area contributed by atoms with Crippen LogP contribution in [0.5, 0.6) is 0 Å². The summed E-state index contributed by atoms with van der Waals surface area (Å²) in [6.07, 6.45) is 1.41. The predicted molar refractivity (Wildman–Crippen MR) is 92.3 cm³/mol. The van der Waals surface area contributed by atoms with Crippen molar-refractivity contribution in [2.24, 2.45) is 0 Å². The van der Waals surface area contributed by atoms with Crippen molar-refractivity contribution in [1.29, 1.82) is 0 Å². The molecule has 0 aliphatic carbocycles. The van der Waals surface area contributed by atoms with Gasteiger partial charge >= 0.3 is 0 Å². The minimum atomic E-state index is -3.50. The van der Waals surface area contributed by atoms with Gasteiger partial charge in [0.25, 0.3) is 0 Å². The maximum absolute atomic E-state index is 12.6. The van der Waals surface area contributed by atoms with E-state index >= 15 is 0 Å². The predicted octanol–water partition coefficient (Wildman–Crippen LogP) is 2.28. The highest BCUT2D eigenvalue weighted by molar-refractivity contribution is 7.89. The van der Waals surface area contributed by atoms with E-state index in [4.69, 9.17) is 4.74 Å². The smallest absolute Gasteiger partial charge is 0.244 e. The van der Waals surface area contributed by atoms with E-state index in [0.717, 1.165) is 5.56 Å². The zero-order valence-electron chi connectivity index (χ0n) is 13.6. The van der Waals surface area contributed by atoms with Gasteiger partial charge in [-0.3, -0.25) is 0 Å². The minimum Gasteiger partial charge on any atom is -0.379 e. The van der Waals surface area contributed by atoms with Crippen LogP contribution in [0, 0.1) is 0 Å². The van der Waals surface area contributed by atoms with Gasteiger partial charge in [-0.15, -0.1) is 0 Å². The van der Waals surface area contributed by atoms with Crippen LogP contribution < -0.4 is 5.32 Å². The molecule has 1 fully saturated rings. The fraction of sp³-hybridized carbons (Fsp3) is 0.353. The highest BCUT2D eigenvalue weighted by Gasteiger charge is 2.26. The fourth-order valence-corrected chi connectivity index (χ4v) is 3.96. The number of hydrogen-bond donors (Lipinski definition) is 1. The van der Waals surface area contributed by atoms with E-state index in [9.17, 15) is 8.42 Å². The van der Waals surface area contributed by atoms with Gasteiger partial charge in [-0.1, -0.05) is 30.3 Å². The van der Waals surface area contributed by atoms with Crippen molar-refractivity contribution in [2.75, 3.05) is 31.6 Å². The number of ether oxygens (including phenoxy) is 1. The summed E-state index contributed by atoms with van der Waals surface area (Å²) >= 11 is 0. The molecular formula is C17H21N3O3S. The standard InChI is InChI=1S/C17H21N3O3S/c1-14(15-5-3-2-4-6-15)19-17-8-7-16(13-18-17)24(21,22)20-9-11-23-12-10-20/h2-8,13-14H,9-12H2,1H3,(H,18,19)/t14-/m0/s1. The summed E-state index contributed by atoms with van der Waals surface area (Å²) in [6, 6.07) is 13.4. The monoisotopic (exact) mass is 347 g/mol. The summed E-state index contributed by atoms with van der Waals surface area (Å²) in [7, 11) is -3.50. The molecule has 1 aliphatic heterocycles. The van der Waals surface area contributed by atoms with Crippen molar-refractivity contribution < 1.29 is 13.2 Å². The zero-order valence-corrected chi connectivity index (χ0v) is 14.4. The van der Waals surface area contributed by atoms with Crippen LogP contribution in [0.4, 0.5) is 5.82 Å². The summed E-state index contributed by atoms with van der Waals surface area (Å²) in [5, 5.41) is 3.28. The van der Waals surface area contributed by atoms with Crippen molar-refractivity contribution in [1.82, 2.24) is 9.29 Å². The highest BCUT2D eigenvalue weighted by Crippen LogP contribution is 2.20. The van der Waals surface area contributed by atoms with Gasteiger partial charge in [-0.05, 0) is 24.6 Å². The van der Waals surface area contributed by atoms with Gasteiger partial charge in [-0.25, -0.2) is 13.4 Å². The molecule has 0 saturated carbocycles. The second-order valence-electron chi connectivity index (χ2n) is 5.67. The molecule has 6 nitrogen and oxygen atoms in total. The number of anilines is 1. The Morgan fingerprint density at radius 1 is 1.12 bits per heavy atom. The lowest BCUT2D eigenvalue weighted by atomic mass is 10.1. The lowest BCUT2D eigenvalue weighted by molar-refractivity contribution is 0.0730. The molecule has 1 aromatic carbocycles. The maximum atomic E-state index is 12.6. The third kappa shape index (κ3) is 3.75. The molecule has 0 spiro atoms. The molecule has 24 heavy (non-hydrogen) atoms. The van der Waals surface area contributed by atoms with Crippen LogP contribution in [0.15, 0.2) is 53.6 Å². The first-order chi connectivity index (χ1) is 11.6. The Balaban J connectivity index is 1.71. The van der Waals surface area contributed by atoms with E-state index in [-0.39, 0.29) is 10.9 Å². The molecule has 1 N–H and O–H groups in total. The second kappa shape index (κ2) is 7.29. The number of pyridine rings is 1. The van der Waals surface area contributed by atoms with Crippen LogP contribution in [0.25, 0.3) is 0 Å². The van der Waals surface area contributed by atoms with Gasteiger partial charge in [-0.2, -0.15) is 4.31 Å². The Morgan fingerprint density at radius 3 is 2.46 bits per heavy atom. The molecular weight excluding hydrogens is 326 g/mol. The molecule has 0 bridgehead atoms. The van der Waals surface area contributed by atoms with Crippen LogP contribution in [-0.4, -0.2) is 44.0 Å². The normalized spacial score (nSPS) is 17.4. The zero-order chi connectivity index (χ0) is 17.0. The number of aromatic nitrogens is 1. The third-order valence-electron chi connectivity index (χ3n) is 4.01. The van der Waals surface area contributed by atoms with Gasteiger partial charge in [0.2, 0.25) is 10.0 Å². The van der Waals surface area contributed by atoms with E-state index in [1.807, 2.05) is 37.3 Å². The van der Waals surface area contributed by atoms with E-state index in [1.54, 1.807) is 12.1 Å². The topological polar surface area (TPSA) is 71.5 Å². The molecule has 2 aromatic rings. The summed E-state index contributed by atoms with van der Waals surface area (Å²) in [5.74, 6) is 0.646. The SMILES string of the molecule is C[C@H](Nc1ccc(S(=O)(=O)N2CCOCC2)cn1)c1ccccc1. The van der Waals surface area contributed by atoms with E-state index < -0.39 is 10.0 Å². The number of morpholine rings is 1. The number of nitrogens with one attached hydrogen (secondary N) is 1. The van der Waals surface area contributed by atoms with Crippen LogP contribution in [-0.2, 0) is 14.8 Å². The van der Waals surface area contributed by atoms with Crippen LogP contribution in [0.2, 0.25) is 0 Å². The number of sulfonamides is 1. The minimum absolute atomic E-state index is 0.0837. The van der Waals surface area contributed by atoms with Crippen molar-refractivity contribution in [2.45, 2.75) is 17.9 Å². The molecule has 0 radical (unpaired) electrons. The third-order valence-corrected chi connectivity index (χ3v) is 5.89. The molecule has 0 amide bonds. The second-order valence-corrected chi connectivity index (χ2v) is 7.61. The van der Waals surface area contributed by atoms with Crippen LogP contribution in [0.3, 0.4) is 0 Å². The van der Waals surface area contributed by atoms with Crippen molar-refractivity contribution in [3.63, 3.8) is 0 Å². The molecule has 3 rings (SSSR count). The quantitative estimate of drug-likeness (QED) is 0.898. The maximum Gasteiger partial charge on any atom is 0.244 e. The molecule has 1 saturated heterocycles. The summed E-state index contributed by atoms with van der Waals surface area (Å²) in [4.78, 5) is 4.47. The summed E-state index contributed by atoms with van der Waals surface area (Å²) < 4.78 is 31.7. The van der Waals surface area contributed by atoms with Crippen LogP contribution >= 0.6 is 0 Å². The number of nitrogens with zero attached hydrogens (tertiary/aromatic N) is 2. The average Bonchev–Trinajstić information content (AvgIpc) is 2.63. The molecule has 0 unspecified atom stereocenters. The number of hydrogen-bond acceptors (Lipinski definition) is 5. The lowest BCUT2D eigenvalue weighted by Gasteiger charge is -2.26. The van der Waals surface area contributed by atoms with Crippen LogP contribution in [0.1, 0.15) is 18.5 Å². The highest BCUT2D eigenvalue weighted by atomic mass is 32.2. The molecule has 2 heterocycles. The largest absolute Gasteiger partial charge is 0.379 e. The Bertz CT molecular complexity index is 757. The molecule has 1 aromatic heterocycles. The molecule has 1 atom stereocenters.